The second kappa shape index (κ2) is 7.64. The normalized spacial score (nSPS) is 11.6. The molecule has 0 heterocycles. The van der Waals surface area contributed by atoms with Crippen molar-refractivity contribution < 1.29 is 23.7 Å². The van der Waals surface area contributed by atoms with Gasteiger partial charge in [0.2, 0.25) is 0 Å². The van der Waals surface area contributed by atoms with E-state index in [0.29, 0.717) is 12.3 Å². The standard InChI is InChI=1S/C11H21O5P/c1-9(2)7-5-4-6-8-10(3)11(12)16-17(13,14)15/h9H,3-8H2,1-2H3,(H2,13,14,15). The lowest BCUT2D eigenvalue weighted by atomic mass is 10.0. The molecule has 0 aromatic heterocycles. The van der Waals surface area contributed by atoms with Crippen LogP contribution in [0.1, 0.15) is 46.0 Å². The van der Waals surface area contributed by atoms with E-state index in [-0.39, 0.29) is 5.57 Å². The Labute approximate surface area is 102 Å². The van der Waals surface area contributed by atoms with Crippen LogP contribution in [0, 0.1) is 5.92 Å². The highest BCUT2D eigenvalue weighted by atomic mass is 31.2. The first-order valence-corrected chi connectivity index (χ1v) is 7.22. The number of rotatable bonds is 8. The van der Waals surface area contributed by atoms with E-state index in [2.05, 4.69) is 25.0 Å². The molecule has 0 saturated heterocycles. The van der Waals surface area contributed by atoms with Gasteiger partial charge in [0, 0.05) is 5.57 Å². The third-order valence-corrected chi connectivity index (χ3v) is 2.65. The summed E-state index contributed by atoms with van der Waals surface area (Å²) in [5.74, 6) is -0.347. The number of phosphoric acid groups is 1. The van der Waals surface area contributed by atoms with E-state index in [9.17, 15) is 9.36 Å². The first kappa shape index (κ1) is 16.4. The molecule has 0 aromatic carbocycles. The Morgan fingerprint density at radius 2 is 1.88 bits per heavy atom. The molecule has 2 N–H and O–H groups in total. The van der Waals surface area contributed by atoms with Gasteiger partial charge in [-0.2, -0.15) is 0 Å². The number of carbonyl (C=O) groups excluding carboxylic acids is 1. The van der Waals surface area contributed by atoms with Crippen LogP contribution in [-0.2, 0) is 13.9 Å². The number of hydrogen-bond acceptors (Lipinski definition) is 3. The zero-order chi connectivity index (χ0) is 13.5. The monoisotopic (exact) mass is 264 g/mol. The zero-order valence-corrected chi connectivity index (χ0v) is 11.3. The van der Waals surface area contributed by atoms with E-state index >= 15 is 0 Å². The first-order valence-electron chi connectivity index (χ1n) is 5.69. The van der Waals surface area contributed by atoms with Crippen molar-refractivity contribution in [2.75, 3.05) is 0 Å². The van der Waals surface area contributed by atoms with Crippen LogP contribution in [-0.4, -0.2) is 15.8 Å². The van der Waals surface area contributed by atoms with Crippen LogP contribution in [0.4, 0.5) is 0 Å². The summed E-state index contributed by atoms with van der Waals surface area (Å²) in [4.78, 5) is 28.0. The van der Waals surface area contributed by atoms with E-state index in [4.69, 9.17) is 9.79 Å². The number of hydrogen-bond donors (Lipinski definition) is 2. The fourth-order valence-corrected chi connectivity index (χ4v) is 1.69. The van der Waals surface area contributed by atoms with Crippen molar-refractivity contribution in [3.05, 3.63) is 12.2 Å². The van der Waals surface area contributed by atoms with Crippen molar-refractivity contribution in [2.24, 2.45) is 5.92 Å². The molecule has 0 aromatic rings. The Hall–Kier alpha value is -0.640. The van der Waals surface area contributed by atoms with Crippen LogP contribution < -0.4 is 0 Å². The third-order valence-electron chi connectivity index (χ3n) is 2.25. The molecule has 0 unspecified atom stereocenters. The molecule has 0 spiro atoms. The van der Waals surface area contributed by atoms with Crippen molar-refractivity contribution in [2.45, 2.75) is 46.0 Å². The van der Waals surface area contributed by atoms with Crippen LogP contribution in [0.5, 0.6) is 0 Å². The van der Waals surface area contributed by atoms with Gasteiger partial charge in [0.15, 0.2) is 0 Å². The maximum Gasteiger partial charge on any atom is 0.527 e. The summed E-state index contributed by atoms with van der Waals surface area (Å²) in [6.07, 6.45) is 4.39. The Morgan fingerprint density at radius 3 is 2.35 bits per heavy atom. The minimum Gasteiger partial charge on any atom is -0.367 e. The number of unbranched alkanes of at least 4 members (excludes halogenated alkanes) is 2. The van der Waals surface area contributed by atoms with Gasteiger partial charge in [-0.3, -0.25) is 9.79 Å². The molecule has 0 aliphatic rings. The van der Waals surface area contributed by atoms with Gasteiger partial charge in [-0.05, 0) is 18.8 Å². The van der Waals surface area contributed by atoms with Crippen molar-refractivity contribution in [1.82, 2.24) is 0 Å². The lowest BCUT2D eigenvalue weighted by Gasteiger charge is -2.07. The van der Waals surface area contributed by atoms with E-state index in [1.807, 2.05) is 0 Å². The Kier molecular flexibility index (Phi) is 7.35. The molecule has 6 heteroatoms. The first-order chi connectivity index (χ1) is 7.72. The molecule has 100 valence electrons. The average Bonchev–Trinajstić information content (AvgIpc) is 2.13. The maximum atomic E-state index is 11.1. The highest BCUT2D eigenvalue weighted by molar-refractivity contribution is 7.46. The fourth-order valence-electron chi connectivity index (χ4n) is 1.34. The van der Waals surface area contributed by atoms with Gasteiger partial charge in [-0.15, -0.1) is 0 Å². The summed E-state index contributed by atoms with van der Waals surface area (Å²) in [5.41, 5.74) is 0.109. The fraction of sp³-hybridized carbons (Fsp3) is 0.727. The zero-order valence-electron chi connectivity index (χ0n) is 10.4. The molecular formula is C11H21O5P. The third kappa shape index (κ3) is 10.2. The lowest BCUT2D eigenvalue weighted by molar-refractivity contribution is -0.131. The van der Waals surface area contributed by atoms with Crippen LogP contribution in [0.25, 0.3) is 0 Å². The molecule has 0 bridgehead atoms. The molecule has 0 saturated carbocycles. The topological polar surface area (TPSA) is 83.8 Å². The molecule has 0 fully saturated rings. The summed E-state index contributed by atoms with van der Waals surface area (Å²) >= 11 is 0. The molecule has 5 nitrogen and oxygen atoms in total. The van der Waals surface area contributed by atoms with Crippen LogP contribution >= 0.6 is 7.82 Å². The van der Waals surface area contributed by atoms with E-state index in [0.717, 1.165) is 25.7 Å². The van der Waals surface area contributed by atoms with Gasteiger partial charge >= 0.3 is 13.8 Å². The van der Waals surface area contributed by atoms with Crippen molar-refractivity contribution >= 4 is 13.8 Å². The second-order valence-corrected chi connectivity index (χ2v) is 5.63. The average molecular weight is 264 g/mol. The van der Waals surface area contributed by atoms with Gasteiger partial charge in [-0.1, -0.05) is 39.7 Å². The summed E-state index contributed by atoms with van der Waals surface area (Å²) in [6, 6.07) is 0. The number of phosphoric ester groups is 1. The SMILES string of the molecule is C=C(CCCCCC(C)C)C(=O)OP(=O)(O)O. The smallest absolute Gasteiger partial charge is 0.367 e. The Morgan fingerprint density at radius 1 is 1.29 bits per heavy atom. The summed E-state index contributed by atoms with van der Waals surface area (Å²) in [7, 11) is -4.74. The van der Waals surface area contributed by atoms with Gasteiger partial charge < -0.3 is 4.52 Å². The molecule has 0 atom stereocenters. The van der Waals surface area contributed by atoms with Crippen LogP contribution in [0.2, 0.25) is 0 Å². The molecule has 0 aliphatic carbocycles. The molecule has 17 heavy (non-hydrogen) atoms. The maximum absolute atomic E-state index is 11.1. The van der Waals surface area contributed by atoms with Crippen LogP contribution in [0.3, 0.4) is 0 Å². The number of carbonyl (C=O) groups is 1. The van der Waals surface area contributed by atoms with Crippen molar-refractivity contribution in [3.8, 4) is 0 Å². The largest absolute Gasteiger partial charge is 0.527 e. The predicted molar refractivity (Wildman–Crippen MR) is 65.2 cm³/mol. The minimum absolute atomic E-state index is 0.109. The van der Waals surface area contributed by atoms with Gasteiger partial charge in [0.1, 0.15) is 0 Å². The molecule has 0 amide bonds. The van der Waals surface area contributed by atoms with E-state index in [1.54, 1.807) is 0 Å². The summed E-state index contributed by atoms with van der Waals surface area (Å²) in [5, 5.41) is 0. The highest BCUT2D eigenvalue weighted by Gasteiger charge is 2.21. The van der Waals surface area contributed by atoms with E-state index in [1.165, 1.54) is 0 Å². The van der Waals surface area contributed by atoms with Gasteiger partial charge in [0.25, 0.3) is 0 Å². The molecule has 0 rings (SSSR count). The van der Waals surface area contributed by atoms with Crippen LogP contribution in [0.15, 0.2) is 12.2 Å². The highest BCUT2D eigenvalue weighted by Crippen LogP contribution is 2.37. The molecule has 0 aliphatic heterocycles. The quantitative estimate of drug-likeness (QED) is 0.400. The Balaban J connectivity index is 3.73. The molecule has 0 radical (unpaired) electrons. The lowest BCUT2D eigenvalue weighted by Crippen LogP contribution is -2.05. The second-order valence-electron chi connectivity index (χ2n) is 4.47. The van der Waals surface area contributed by atoms with E-state index < -0.39 is 13.8 Å². The van der Waals surface area contributed by atoms with Crippen molar-refractivity contribution in [3.63, 3.8) is 0 Å². The Bertz CT molecular complexity index is 305. The summed E-state index contributed by atoms with van der Waals surface area (Å²) < 4.78 is 14.3. The van der Waals surface area contributed by atoms with Crippen molar-refractivity contribution in [1.29, 1.82) is 0 Å². The molecular weight excluding hydrogens is 243 g/mol. The van der Waals surface area contributed by atoms with Gasteiger partial charge in [0.05, 0.1) is 0 Å². The summed E-state index contributed by atoms with van der Waals surface area (Å²) in [6.45, 7) is 7.75. The minimum atomic E-state index is -4.74. The van der Waals surface area contributed by atoms with Gasteiger partial charge in [-0.25, -0.2) is 9.36 Å². The predicted octanol–water partition coefficient (Wildman–Crippen LogP) is 2.79.